The van der Waals surface area contributed by atoms with E-state index in [0.717, 1.165) is 30.5 Å². The predicted octanol–water partition coefficient (Wildman–Crippen LogP) is 3.15. The summed E-state index contributed by atoms with van der Waals surface area (Å²) in [7, 11) is 0. The van der Waals surface area contributed by atoms with E-state index in [2.05, 4.69) is 27.0 Å². The third-order valence-corrected chi connectivity index (χ3v) is 4.03. The number of hydrogen-bond acceptors (Lipinski definition) is 5. The summed E-state index contributed by atoms with van der Waals surface area (Å²) in [5.41, 5.74) is 9.35. The number of anilines is 2. The quantitative estimate of drug-likeness (QED) is 0.730. The fourth-order valence-corrected chi connectivity index (χ4v) is 3.01. The summed E-state index contributed by atoms with van der Waals surface area (Å²) in [4.78, 5) is 10.9. The van der Waals surface area contributed by atoms with Crippen molar-refractivity contribution in [2.45, 2.75) is 18.9 Å². The van der Waals surface area contributed by atoms with Gasteiger partial charge in [-0.05, 0) is 42.7 Å². The third kappa shape index (κ3) is 2.01. The molecule has 1 fully saturated rings. The minimum absolute atomic E-state index is 0.294. The topological polar surface area (TPSA) is 68.2 Å². The number of hydrogen-bond donors (Lipinski definition) is 1. The van der Waals surface area contributed by atoms with Gasteiger partial charge in [-0.1, -0.05) is 6.07 Å². The number of benzene rings is 1. The molecule has 5 heteroatoms. The molecule has 2 aromatic heterocycles. The molecule has 0 saturated carbocycles. The van der Waals surface area contributed by atoms with Crippen LogP contribution in [0.2, 0.25) is 0 Å². The van der Waals surface area contributed by atoms with Gasteiger partial charge in [0.2, 0.25) is 0 Å². The van der Waals surface area contributed by atoms with Crippen LogP contribution in [0.25, 0.3) is 11.1 Å². The Labute approximate surface area is 122 Å². The maximum Gasteiger partial charge on any atom is 0.298 e. The lowest BCUT2D eigenvalue weighted by molar-refractivity contribution is 0.557. The average Bonchev–Trinajstić information content (AvgIpc) is 3.15. The van der Waals surface area contributed by atoms with E-state index in [1.807, 2.05) is 30.6 Å². The van der Waals surface area contributed by atoms with E-state index in [9.17, 15) is 0 Å². The van der Waals surface area contributed by atoms with E-state index in [0.29, 0.717) is 17.7 Å². The molecule has 0 spiro atoms. The van der Waals surface area contributed by atoms with Gasteiger partial charge in [0.05, 0.1) is 11.7 Å². The van der Waals surface area contributed by atoms with Crippen molar-refractivity contribution >= 4 is 22.8 Å². The number of nitrogens with two attached hydrogens (primary N) is 1. The highest BCUT2D eigenvalue weighted by Crippen LogP contribution is 2.37. The lowest BCUT2D eigenvalue weighted by atomic mass is 10.1. The molecule has 1 saturated heterocycles. The minimum atomic E-state index is 0.294. The molecule has 106 valence electrons. The second kappa shape index (κ2) is 4.77. The van der Waals surface area contributed by atoms with Crippen molar-refractivity contribution in [1.29, 1.82) is 0 Å². The van der Waals surface area contributed by atoms with E-state index in [4.69, 9.17) is 10.2 Å². The second-order valence-corrected chi connectivity index (χ2v) is 5.32. The van der Waals surface area contributed by atoms with E-state index < -0.39 is 0 Å². The van der Waals surface area contributed by atoms with Crippen LogP contribution in [0.5, 0.6) is 0 Å². The second-order valence-electron chi connectivity index (χ2n) is 5.32. The Kier molecular flexibility index (Phi) is 2.77. The third-order valence-electron chi connectivity index (χ3n) is 4.03. The van der Waals surface area contributed by atoms with Crippen molar-refractivity contribution in [1.82, 2.24) is 9.97 Å². The summed E-state index contributed by atoms with van der Waals surface area (Å²) in [6.45, 7) is 0.944. The molecule has 1 unspecified atom stereocenters. The zero-order valence-corrected chi connectivity index (χ0v) is 11.6. The van der Waals surface area contributed by atoms with Gasteiger partial charge in [0.25, 0.3) is 6.01 Å². The number of fused-ring (bicyclic) bond motifs is 1. The monoisotopic (exact) mass is 280 g/mol. The Morgan fingerprint density at radius 1 is 1.19 bits per heavy atom. The van der Waals surface area contributed by atoms with Gasteiger partial charge in [0, 0.05) is 18.9 Å². The number of aromatic nitrogens is 2. The van der Waals surface area contributed by atoms with Crippen molar-refractivity contribution in [2.24, 2.45) is 0 Å². The van der Waals surface area contributed by atoms with Gasteiger partial charge in [-0.15, -0.1) is 0 Å². The van der Waals surface area contributed by atoms with E-state index in [-0.39, 0.29) is 0 Å². The average molecular weight is 280 g/mol. The van der Waals surface area contributed by atoms with Crippen molar-refractivity contribution in [2.75, 3.05) is 17.2 Å². The Balaban J connectivity index is 1.75. The van der Waals surface area contributed by atoms with Gasteiger partial charge < -0.3 is 15.1 Å². The van der Waals surface area contributed by atoms with E-state index in [1.54, 1.807) is 0 Å². The standard InChI is InChI=1S/C16H16N4O/c17-12-3-1-5-14-15(12)19-16(21-14)20-10-2-4-13(20)11-6-8-18-9-7-11/h1,3,5-9,13H,2,4,10,17H2. The summed E-state index contributed by atoms with van der Waals surface area (Å²) in [6.07, 6.45) is 5.88. The molecule has 1 aromatic carbocycles. The molecule has 0 bridgehead atoms. The van der Waals surface area contributed by atoms with Crippen LogP contribution >= 0.6 is 0 Å². The maximum atomic E-state index is 5.96. The molecule has 1 aliphatic rings. The normalized spacial score (nSPS) is 18.5. The minimum Gasteiger partial charge on any atom is -0.423 e. The van der Waals surface area contributed by atoms with Crippen LogP contribution in [0.4, 0.5) is 11.7 Å². The summed E-state index contributed by atoms with van der Waals surface area (Å²) >= 11 is 0. The van der Waals surface area contributed by atoms with Gasteiger partial charge in [-0.2, -0.15) is 4.98 Å². The summed E-state index contributed by atoms with van der Waals surface area (Å²) in [5, 5.41) is 0. The lowest BCUT2D eigenvalue weighted by Crippen LogP contribution is -2.22. The molecule has 2 N–H and O–H groups in total. The maximum absolute atomic E-state index is 5.96. The Hall–Kier alpha value is -2.56. The van der Waals surface area contributed by atoms with Gasteiger partial charge >= 0.3 is 0 Å². The summed E-state index contributed by atoms with van der Waals surface area (Å²) < 4.78 is 5.90. The molecular formula is C16H16N4O. The van der Waals surface area contributed by atoms with Crippen LogP contribution in [-0.2, 0) is 0 Å². The molecule has 4 rings (SSSR count). The van der Waals surface area contributed by atoms with Gasteiger partial charge in [-0.25, -0.2) is 0 Å². The number of pyridine rings is 1. The molecule has 1 atom stereocenters. The number of nitrogens with zero attached hydrogens (tertiary/aromatic N) is 3. The van der Waals surface area contributed by atoms with Crippen molar-refractivity contribution in [3.05, 3.63) is 48.3 Å². The Morgan fingerprint density at radius 2 is 2.05 bits per heavy atom. The van der Waals surface area contributed by atoms with Crippen LogP contribution in [0.1, 0.15) is 24.4 Å². The highest BCUT2D eigenvalue weighted by Gasteiger charge is 2.29. The first-order chi connectivity index (χ1) is 10.3. The Bertz CT molecular complexity index is 768. The molecule has 3 aromatic rings. The van der Waals surface area contributed by atoms with Gasteiger partial charge in [0.15, 0.2) is 5.58 Å². The number of rotatable bonds is 2. The van der Waals surface area contributed by atoms with Crippen LogP contribution < -0.4 is 10.6 Å². The first kappa shape index (κ1) is 12.2. The molecule has 21 heavy (non-hydrogen) atoms. The first-order valence-corrected chi connectivity index (χ1v) is 7.14. The molecule has 0 radical (unpaired) electrons. The summed E-state index contributed by atoms with van der Waals surface area (Å²) in [5.74, 6) is 0. The van der Waals surface area contributed by atoms with Crippen LogP contribution in [0.3, 0.4) is 0 Å². The molecule has 0 amide bonds. The molecule has 5 nitrogen and oxygen atoms in total. The lowest BCUT2D eigenvalue weighted by Gasteiger charge is -2.22. The smallest absolute Gasteiger partial charge is 0.298 e. The largest absolute Gasteiger partial charge is 0.423 e. The van der Waals surface area contributed by atoms with Crippen LogP contribution in [0, 0.1) is 0 Å². The van der Waals surface area contributed by atoms with Gasteiger partial charge in [0.1, 0.15) is 5.52 Å². The molecular weight excluding hydrogens is 264 g/mol. The fourth-order valence-electron chi connectivity index (χ4n) is 3.01. The van der Waals surface area contributed by atoms with Crippen molar-refractivity contribution in [3.63, 3.8) is 0 Å². The zero-order chi connectivity index (χ0) is 14.2. The Morgan fingerprint density at radius 3 is 2.86 bits per heavy atom. The molecule has 1 aliphatic heterocycles. The van der Waals surface area contributed by atoms with Crippen molar-refractivity contribution < 1.29 is 4.42 Å². The number of para-hydroxylation sites is 1. The van der Waals surface area contributed by atoms with Crippen LogP contribution in [0.15, 0.2) is 47.1 Å². The highest BCUT2D eigenvalue weighted by atomic mass is 16.4. The van der Waals surface area contributed by atoms with Crippen molar-refractivity contribution in [3.8, 4) is 0 Å². The SMILES string of the molecule is Nc1cccc2oc(N3CCCC3c3ccncc3)nc12. The molecule has 3 heterocycles. The van der Waals surface area contributed by atoms with Gasteiger partial charge in [-0.3, -0.25) is 4.98 Å². The number of nitrogen functional groups attached to an aromatic ring is 1. The highest BCUT2D eigenvalue weighted by molar-refractivity contribution is 5.86. The van der Waals surface area contributed by atoms with E-state index in [1.165, 1.54) is 5.56 Å². The zero-order valence-electron chi connectivity index (χ0n) is 11.6. The van der Waals surface area contributed by atoms with Crippen LogP contribution in [-0.4, -0.2) is 16.5 Å². The fraction of sp³-hybridized carbons (Fsp3) is 0.250. The molecule has 0 aliphatic carbocycles. The predicted molar refractivity (Wildman–Crippen MR) is 82.0 cm³/mol. The van der Waals surface area contributed by atoms with E-state index >= 15 is 0 Å². The number of oxazole rings is 1. The first-order valence-electron chi connectivity index (χ1n) is 7.14. The summed E-state index contributed by atoms with van der Waals surface area (Å²) in [6, 6.07) is 10.7.